The molecule has 2 aromatic carbocycles. The standard InChI is InChI=1S/C23H24FN2O5PS/c1-4-30-32(28,31-5-2)14-15-6-8-16(9-7-15)22(27)26(3)23-25-21-18-12-17(24)10-11-19(18)29-13-20(21)33-23/h6-12H,4-5,13-14H2,1-3H3. The SMILES string of the molecule is CCOP(=O)(Cc1ccc(C(=O)N(C)c2nc3c(s2)COc2ccc(F)cc2-3)cc1)OCC. The van der Waals surface area contributed by atoms with E-state index in [0.29, 0.717) is 47.5 Å². The second-order valence-corrected chi connectivity index (χ2v) is 10.5. The van der Waals surface area contributed by atoms with Gasteiger partial charge in [-0.15, -0.1) is 0 Å². The second kappa shape index (κ2) is 9.73. The number of thiazole rings is 1. The maximum absolute atomic E-state index is 13.7. The number of hydrogen-bond acceptors (Lipinski definition) is 7. The molecule has 0 saturated carbocycles. The van der Waals surface area contributed by atoms with Crippen LogP contribution in [-0.2, 0) is 26.4 Å². The monoisotopic (exact) mass is 490 g/mol. The maximum atomic E-state index is 13.7. The van der Waals surface area contributed by atoms with Crippen molar-refractivity contribution in [3.8, 4) is 17.0 Å². The van der Waals surface area contributed by atoms with Gasteiger partial charge in [0.2, 0.25) is 0 Å². The van der Waals surface area contributed by atoms with E-state index >= 15 is 0 Å². The van der Waals surface area contributed by atoms with Crippen LogP contribution in [0.4, 0.5) is 9.52 Å². The first-order valence-corrected chi connectivity index (χ1v) is 13.1. The molecule has 2 heterocycles. The Labute approximate surface area is 195 Å². The van der Waals surface area contributed by atoms with E-state index in [1.54, 1.807) is 51.2 Å². The molecular formula is C23H24FN2O5PS. The zero-order valence-electron chi connectivity index (χ0n) is 18.5. The van der Waals surface area contributed by atoms with Gasteiger partial charge in [-0.2, -0.15) is 0 Å². The van der Waals surface area contributed by atoms with Crippen LogP contribution in [0.25, 0.3) is 11.3 Å². The van der Waals surface area contributed by atoms with Gasteiger partial charge in [0.1, 0.15) is 18.2 Å². The van der Waals surface area contributed by atoms with Crippen LogP contribution in [0.3, 0.4) is 0 Å². The molecule has 3 aromatic rings. The highest BCUT2D eigenvalue weighted by Crippen LogP contribution is 2.51. The molecule has 0 radical (unpaired) electrons. The molecular weight excluding hydrogens is 466 g/mol. The number of fused-ring (bicyclic) bond motifs is 3. The number of carbonyl (C=O) groups excluding carboxylic acids is 1. The highest BCUT2D eigenvalue weighted by atomic mass is 32.1. The number of amides is 1. The van der Waals surface area contributed by atoms with E-state index < -0.39 is 7.60 Å². The summed E-state index contributed by atoms with van der Waals surface area (Å²) in [4.78, 5) is 19.9. The molecule has 10 heteroatoms. The molecule has 0 bridgehead atoms. The van der Waals surface area contributed by atoms with Crippen LogP contribution in [-0.4, -0.2) is 31.2 Å². The van der Waals surface area contributed by atoms with Crippen molar-refractivity contribution in [1.29, 1.82) is 0 Å². The molecule has 174 valence electrons. The third kappa shape index (κ3) is 5.01. The van der Waals surface area contributed by atoms with Gasteiger partial charge in [0.25, 0.3) is 5.91 Å². The lowest BCUT2D eigenvalue weighted by Gasteiger charge is -2.17. The van der Waals surface area contributed by atoms with E-state index in [4.69, 9.17) is 13.8 Å². The number of halogens is 1. The predicted molar refractivity (Wildman–Crippen MR) is 126 cm³/mol. The first-order chi connectivity index (χ1) is 15.8. The minimum absolute atomic E-state index is 0.133. The van der Waals surface area contributed by atoms with Gasteiger partial charge < -0.3 is 13.8 Å². The molecule has 33 heavy (non-hydrogen) atoms. The molecule has 0 aliphatic carbocycles. The van der Waals surface area contributed by atoms with Crippen molar-refractivity contribution < 1.29 is 27.5 Å². The average molecular weight is 490 g/mol. The number of ether oxygens (including phenoxy) is 1. The van der Waals surface area contributed by atoms with Crippen molar-refractivity contribution in [2.24, 2.45) is 0 Å². The summed E-state index contributed by atoms with van der Waals surface area (Å²) in [6.07, 6.45) is 0.133. The third-order valence-electron chi connectivity index (χ3n) is 5.06. The lowest BCUT2D eigenvalue weighted by Crippen LogP contribution is -2.26. The van der Waals surface area contributed by atoms with Gasteiger partial charge in [-0.3, -0.25) is 14.3 Å². The van der Waals surface area contributed by atoms with Crippen molar-refractivity contribution in [3.05, 3.63) is 64.3 Å². The van der Waals surface area contributed by atoms with Crippen molar-refractivity contribution in [2.75, 3.05) is 25.2 Å². The molecule has 4 rings (SSSR count). The molecule has 0 fully saturated rings. The lowest BCUT2D eigenvalue weighted by molar-refractivity contribution is 0.0993. The molecule has 0 atom stereocenters. The smallest absolute Gasteiger partial charge is 0.335 e. The molecule has 0 spiro atoms. The van der Waals surface area contributed by atoms with Crippen LogP contribution in [0.1, 0.15) is 34.6 Å². The Morgan fingerprint density at radius 1 is 1.18 bits per heavy atom. The summed E-state index contributed by atoms with van der Waals surface area (Å²) in [6.45, 7) is 4.43. The largest absolute Gasteiger partial charge is 0.487 e. The fourth-order valence-corrected chi connectivity index (χ4v) is 6.18. The average Bonchev–Trinajstić information content (AvgIpc) is 3.24. The fourth-order valence-electron chi connectivity index (χ4n) is 3.53. The van der Waals surface area contributed by atoms with E-state index in [2.05, 4.69) is 4.98 Å². The molecule has 1 amide bonds. The molecule has 0 N–H and O–H groups in total. The van der Waals surface area contributed by atoms with Crippen molar-refractivity contribution in [1.82, 2.24) is 4.98 Å². The van der Waals surface area contributed by atoms with Crippen molar-refractivity contribution in [3.63, 3.8) is 0 Å². The first-order valence-electron chi connectivity index (χ1n) is 10.5. The first kappa shape index (κ1) is 23.6. The Morgan fingerprint density at radius 2 is 1.88 bits per heavy atom. The highest BCUT2D eigenvalue weighted by Gasteiger charge is 2.27. The Kier molecular flexibility index (Phi) is 6.95. The molecule has 1 aliphatic heterocycles. The van der Waals surface area contributed by atoms with Crippen LogP contribution in [0.15, 0.2) is 42.5 Å². The summed E-state index contributed by atoms with van der Waals surface area (Å²) >= 11 is 1.33. The summed E-state index contributed by atoms with van der Waals surface area (Å²) in [7, 11) is -1.58. The van der Waals surface area contributed by atoms with Crippen LogP contribution in [0.5, 0.6) is 5.75 Å². The highest BCUT2D eigenvalue weighted by molar-refractivity contribution is 7.53. The molecule has 7 nitrogen and oxygen atoms in total. The summed E-state index contributed by atoms with van der Waals surface area (Å²) in [5.74, 6) is -0.0463. The summed E-state index contributed by atoms with van der Waals surface area (Å²) in [5.41, 5.74) is 2.42. The summed E-state index contributed by atoms with van der Waals surface area (Å²) in [6, 6.07) is 11.2. The number of benzene rings is 2. The van der Waals surface area contributed by atoms with Gasteiger partial charge >= 0.3 is 7.60 Å². The Bertz CT molecular complexity index is 1200. The number of anilines is 1. The quantitative estimate of drug-likeness (QED) is 0.367. The van der Waals surface area contributed by atoms with Gasteiger partial charge in [-0.1, -0.05) is 23.5 Å². The number of hydrogen-bond donors (Lipinski definition) is 0. The van der Waals surface area contributed by atoms with Crippen LogP contribution in [0, 0.1) is 5.82 Å². The topological polar surface area (TPSA) is 78.0 Å². The molecule has 1 aliphatic rings. The zero-order chi connectivity index (χ0) is 23.6. The predicted octanol–water partition coefficient (Wildman–Crippen LogP) is 5.88. The molecule has 1 aromatic heterocycles. The van der Waals surface area contributed by atoms with Crippen LogP contribution in [0.2, 0.25) is 0 Å². The van der Waals surface area contributed by atoms with Gasteiger partial charge in [0.15, 0.2) is 5.13 Å². The summed E-state index contributed by atoms with van der Waals surface area (Å²) in [5, 5.41) is 0.493. The van der Waals surface area contributed by atoms with Crippen molar-refractivity contribution >= 4 is 30.0 Å². The molecule has 0 unspecified atom stereocenters. The number of carbonyl (C=O) groups is 1. The summed E-state index contributed by atoms with van der Waals surface area (Å²) < 4.78 is 42.8. The van der Waals surface area contributed by atoms with E-state index in [9.17, 15) is 13.8 Å². The maximum Gasteiger partial charge on any atom is 0.335 e. The lowest BCUT2D eigenvalue weighted by atomic mass is 10.1. The fraction of sp³-hybridized carbons (Fsp3) is 0.304. The van der Waals surface area contributed by atoms with E-state index in [1.165, 1.54) is 28.4 Å². The van der Waals surface area contributed by atoms with Crippen molar-refractivity contribution in [2.45, 2.75) is 26.6 Å². The second-order valence-electron chi connectivity index (χ2n) is 7.36. The van der Waals surface area contributed by atoms with Gasteiger partial charge in [0.05, 0.1) is 29.9 Å². The van der Waals surface area contributed by atoms with Gasteiger partial charge in [-0.05, 0) is 49.7 Å². The van der Waals surface area contributed by atoms with Crippen LogP contribution < -0.4 is 9.64 Å². The van der Waals surface area contributed by atoms with Gasteiger partial charge in [0, 0.05) is 18.2 Å². The Hall–Kier alpha value is -2.58. The number of aromatic nitrogens is 1. The third-order valence-corrected chi connectivity index (χ3v) is 8.22. The Balaban J connectivity index is 1.52. The molecule has 0 saturated heterocycles. The number of nitrogens with zero attached hydrogens (tertiary/aromatic N) is 2. The van der Waals surface area contributed by atoms with E-state index in [1.807, 2.05) is 0 Å². The number of rotatable bonds is 8. The van der Waals surface area contributed by atoms with E-state index in [-0.39, 0.29) is 17.9 Å². The zero-order valence-corrected chi connectivity index (χ0v) is 20.2. The van der Waals surface area contributed by atoms with Crippen LogP contribution >= 0.6 is 18.9 Å². The minimum atomic E-state index is -3.22. The van der Waals surface area contributed by atoms with E-state index in [0.717, 1.165) is 10.4 Å². The normalized spacial score (nSPS) is 12.6. The van der Waals surface area contributed by atoms with Gasteiger partial charge in [-0.25, -0.2) is 9.37 Å². The minimum Gasteiger partial charge on any atom is -0.487 e. The Morgan fingerprint density at radius 3 is 2.55 bits per heavy atom.